The minimum atomic E-state index is 0.110. The monoisotopic (exact) mass is 372 g/mol. The van der Waals surface area contributed by atoms with Crippen LogP contribution in [0, 0.1) is 13.8 Å². The number of pyridine rings is 1. The molecule has 0 unspecified atom stereocenters. The number of aryl methyl sites for hydroxylation is 2. The van der Waals surface area contributed by atoms with Crippen molar-refractivity contribution >= 4 is 16.8 Å². The molecule has 0 aliphatic heterocycles. The lowest BCUT2D eigenvalue weighted by Gasteiger charge is -2.31. The van der Waals surface area contributed by atoms with Crippen molar-refractivity contribution in [3.05, 3.63) is 65.2 Å². The Kier molecular flexibility index (Phi) is 5.17. The van der Waals surface area contributed by atoms with Crippen LogP contribution in [0.4, 0.5) is 0 Å². The van der Waals surface area contributed by atoms with Crippen LogP contribution in [0.1, 0.15) is 53.6 Å². The van der Waals surface area contributed by atoms with Crippen molar-refractivity contribution in [2.75, 3.05) is 7.05 Å². The molecular weight excluding hydrogens is 344 g/mol. The molecule has 3 nitrogen and oxygen atoms in total. The van der Waals surface area contributed by atoms with Gasteiger partial charge in [-0.05, 0) is 38.3 Å². The second kappa shape index (κ2) is 7.75. The Balaban J connectivity index is 1.82. The number of hydrogen-bond acceptors (Lipinski definition) is 2. The van der Waals surface area contributed by atoms with Gasteiger partial charge in [-0.3, -0.25) is 4.79 Å². The fourth-order valence-electron chi connectivity index (χ4n) is 4.27. The first-order valence-electron chi connectivity index (χ1n) is 10.3. The fraction of sp³-hybridized carbons (Fsp3) is 0.360. The highest BCUT2D eigenvalue weighted by atomic mass is 16.2. The Morgan fingerprint density at radius 3 is 2.43 bits per heavy atom. The molecule has 1 aliphatic carbocycles. The van der Waals surface area contributed by atoms with Gasteiger partial charge >= 0.3 is 0 Å². The maximum Gasteiger partial charge on any atom is 0.254 e. The summed E-state index contributed by atoms with van der Waals surface area (Å²) in [5.74, 6) is 0.110. The van der Waals surface area contributed by atoms with Crippen molar-refractivity contribution in [2.45, 2.75) is 52.0 Å². The van der Waals surface area contributed by atoms with Gasteiger partial charge in [0.2, 0.25) is 0 Å². The molecule has 1 fully saturated rings. The summed E-state index contributed by atoms with van der Waals surface area (Å²) in [5.41, 5.74) is 5.90. The molecule has 2 aromatic carbocycles. The van der Waals surface area contributed by atoms with Gasteiger partial charge in [0.1, 0.15) is 0 Å². The predicted octanol–water partition coefficient (Wildman–Crippen LogP) is 5.92. The number of carbonyl (C=O) groups excluding carboxylic acids is 1. The van der Waals surface area contributed by atoms with Gasteiger partial charge in [0.25, 0.3) is 5.91 Å². The molecule has 3 heteroatoms. The highest BCUT2D eigenvalue weighted by molar-refractivity contribution is 6.07. The van der Waals surface area contributed by atoms with Crippen LogP contribution < -0.4 is 0 Å². The number of carbonyl (C=O) groups is 1. The summed E-state index contributed by atoms with van der Waals surface area (Å²) < 4.78 is 0. The molecule has 4 rings (SSSR count). The first kappa shape index (κ1) is 18.7. The van der Waals surface area contributed by atoms with Gasteiger partial charge in [-0.1, -0.05) is 67.3 Å². The fourth-order valence-corrected chi connectivity index (χ4v) is 4.27. The number of fused-ring (bicyclic) bond motifs is 1. The highest BCUT2D eigenvalue weighted by Gasteiger charge is 2.25. The van der Waals surface area contributed by atoms with E-state index in [1.165, 1.54) is 24.8 Å². The SMILES string of the molecule is Cc1ccc(-c2cc(C(=O)N(C)C3CCCCC3)c3cccc(C)c3n2)cc1. The average molecular weight is 373 g/mol. The number of nitrogens with zero attached hydrogens (tertiary/aromatic N) is 2. The summed E-state index contributed by atoms with van der Waals surface area (Å²) in [6.45, 7) is 4.14. The number of amides is 1. The molecule has 0 radical (unpaired) electrons. The lowest BCUT2D eigenvalue weighted by molar-refractivity contribution is 0.0698. The number of hydrogen-bond donors (Lipinski definition) is 0. The normalized spacial score (nSPS) is 15.0. The van der Waals surface area contributed by atoms with Gasteiger partial charge in [-0.15, -0.1) is 0 Å². The van der Waals surface area contributed by atoms with E-state index < -0.39 is 0 Å². The summed E-state index contributed by atoms with van der Waals surface area (Å²) in [7, 11) is 1.96. The molecule has 0 N–H and O–H groups in total. The molecule has 0 spiro atoms. The van der Waals surface area contributed by atoms with Crippen LogP contribution in [0.25, 0.3) is 22.2 Å². The molecule has 1 saturated carbocycles. The molecule has 0 saturated heterocycles. The van der Waals surface area contributed by atoms with Gasteiger partial charge in [0, 0.05) is 24.0 Å². The molecule has 0 atom stereocenters. The zero-order chi connectivity index (χ0) is 19.7. The number of benzene rings is 2. The maximum atomic E-state index is 13.5. The third-order valence-electron chi connectivity index (χ3n) is 6.06. The van der Waals surface area contributed by atoms with Crippen LogP contribution in [0.3, 0.4) is 0 Å². The Morgan fingerprint density at radius 1 is 1.00 bits per heavy atom. The maximum absolute atomic E-state index is 13.5. The summed E-state index contributed by atoms with van der Waals surface area (Å²) in [4.78, 5) is 20.4. The topological polar surface area (TPSA) is 33.2 Å². The Labute approximate surface area is 167 Å². The first-order chi connectivity index (χ1) is 13.5. The minimum absolute atomic E-state index is 0.110. The van der Waals surface area contributed by atoms with Gasteiger partial charge in [-0.2, -0.15) is 0 Å². The minimum Gasteiger partial charge on any atom is -0.339 e. The van der Waals surface area contributed by atoms with Crippen molar-refractivity contribution in [2.24, 2.45) is 0 Å². The Hall–Kier alpha value is -2.68. The number of para-hydroxylation sites is 1. The number of rotatable bonds is 3. The van der Waals surface area contributed by atoms with Crippen LogP contribution in [-0.2, 0) is 0 Å². The molecule has 1 heterocycles. The van der Waals surface area contributed by atoms with E-state index in [9.17, 15) is 4.79 Å². The van der Waals surface area contributed by atoms with Crippen molar-refractivity contribution in [1.82, 2.24) is 9.88 Å². The van der Waals surface area contributed by atoms with E-state index in [0.717, 1.165) is 46.1 Å². The largest absolute Gasteiger partial charge is 0.339 e. The van der Waals surface area contributed by atoms with Crippen LogP contribution in [0.5, 0.6) is 0 Å². The van der Waals surface area contributed by atoms with Crippen LogP contribution in [-0.4, -0.2) is 28.9 Å². The average Bonchev–Trinajstić information content (AvgIpc) is 2.73. The zero-order valence-electron chi connectivity index (χ0n) is 17.0. The molecule has 28 heavy (non-hydrogen) atoms. The van der Waals surface area contributed by atoms with E-state index >= 15 is 0 Å². The van der Waals surface area contributed by atoms with E-state index in [0.29, 0.717) is 6.04 Å². The molecular formula is C25H28N2O. The third-order valence-corrected chi connectivity index (χ3v) is 6.06. The second-order valence-electron chi connectivity index (χ2n) is 8.10. The van der Waals surface area contributed by atoms with Crippen LogP contribution in [0.15, 0.2) is 48.5 Å². The van der Waals surface area contributed by atoms with Gasteiger partial charge in [0.05, 0.1) is 16.8 Å². The van der Waals surface area contributed by atoms with Gasteiger partial charge in [0.15, 0.2) is 0 Å². The first-order valence-corrected chi connectivity index (χ1v) is 10.3. The predicted molar refractivity (Wildman–Crippen MR) is 116 cm³/mol. The Bertz CT molecular complexity index is 1000. The van der Waals surface area contributed by atoms with Crippen LogP contribution in [0.2, 0.25) is 0 Å². The smallest absolute Gasteiger partial charge is 0.254 e. The lowest BCUT2D eigenvalue weighted by Crippen LogP contribution is -2.38. The van der Waals surface area contributed by atoms with Crippen LogP contribution >= 0.6 is 0 Å². The summed E-state index contributed by atoms with van der Waals surface area (Å²) in [5, 5.41) is 0.948. The van der Waals surface area contributed by atoms with Crippen molar-refractivity contribution in [1.29, 1.82) is 0 Å². The zero-order valence-corrected chi connectivity index (χ0v) is 17.0. The molecule has 3 aromatic rings. The highest BCUT2D eigenvalue weighted by Crippen LogP contribution is 2.29. The summed E-state index contributed by atoms with van der Waals surface area (Å²) in [6.07, 6.45) is 5.93. The third kappa shape index (κ3) is 3.54. The molecule has 1 amide bonds. The Morgan fingerprint density at radius 2 is 1.71 bits per heavy atom. The standard InChI is InChI=1S/C25H28N2O/c1-17-12-14-19(15-13-17)23-16-22(21-11-7-8-18(2)24(21)26-23)25(28)27(3)20-9-5-4-6-10-20/h7-8,11-16,20H,4-6,9-10H2,1-3H3. The molecule has 1 aliphatic rings. The molecule has 0 bridgehead atoms. The number of aromatic nitrogens is 1. The van der Waals surface area contributed by atoms with Gasteiger partial charge < -0.3 is 4.90 Å². The van der Waals surface area contributed by atoms with E-state index in [1.807, 2.05) is 30.1 Å². The van der Waals surface area contributed by atoms with Crippen molar-refractivity contribution < 1.29 is 4.79 Å². The van der Waals surface area contributed by atoms with E-state index in [2.05, 4.69) is 44.2 Å². The van der Waals surface area contributed by atoms with E-state index in [4.69, 9.17) is 4.98 Å². The van der Waals surface area contributed by atoms with E-state index in [1.54, 1.807) is 0 Å². The van der Waals surface area contributed by atoms with Crippen molar-refractivity contribution in [3.8, 4) is 11.3 Å². The van der Waals surface area contributed by atoms with Crippen molar-refractivity contribution in [3.63, 3.8) is 0 Å². The summed E-state index contributed by atoms with van der Waals surface area (Å²) >= 11 is 0. The summed E-state index contributed by atoms with van der Waals surface area (Å²) in [6, 6.07) is 16.8. The molecule has 1 aromatic heterocycles. The molecule has 144 valence electrons. The quantitative estimate of drug-likeness (QED) is 0.571. The lowest BCUT2D eigenvalue weighted by atomic mass is 9.93. The van der Waals surface area contributed by atoms with E-state index in [-0.39, 0.29) is 5.91 Å². The van der Waals surface area contributed by atoms with Gasteiger partial charge in [-0.25, -0.2) is 4.98 Å². The second-order valence-corrected chi connectivity index (χ2v) is 8.10.